The van der Waals surface area contributed by atoms with Crippen LogP contribution in [-0.4, -0.2) is 41.0 Å². The minimum Gasteiger partial charge on any atom is -0.507 e. The van der Waals surface area contributed by atoms with E-state index in [2.05, 4.69) is 27.7 Å². The molecule has 2 unspecified atom stereocenters. The molecular weight excluding hydrogens is 426 g/mol. The third-order valence-corrected chi connectivity index (χ3v) is 7.03. The van der Waals surface area contributed by atoms with Gasteiger partial charge < -0.3 is 14.7 Å². The summed E-state index contributed by atoms with van der Waals surface area (Å²) in [4.78, 5) is 28.2. The van der Waals surface area contributed by atoms with E-state index in [1.165, 1.54) is 5.56 Å². The summed E-state index contributed by atoms with van der Waals surface area (Å²) in [6, 6.07) is 13.3. The molecule has 2 heterocycles. The van der Waals surface area contributed by atoms with Gasteiger partial charge in [-0.1, -0.05) is 64.1 Å². The Morgan fingerprint density at radius 1 is 1.12 bits per heavy atom. The number of carbonyl (C=O) groups is 2. The van der Waals surface area contributed by atoms with E-state index in [4.69, 9.17) is 4.74 Å². The molecule has 1 amide bonds. The average Bonchev–Trinajstić information content (AvgIpc) is 3.40. The molecule has 2 aromatic carbocycles. The van der Waals surface area contributed by atoms with Gasteiger partial charge in [-0.25, -0.2) is 0 Å². The van der Waals surface area contributed by atoms with Crippen molar-refractivity contribution < 1.29 is 19.4 Å². The Morgan fingerprint density at radius 2 is 1.82 bits per heavy atom. The molecule has 180 valence electrons. The number of Topliss-reactive ketones (excluding diaryl/α,β-unsaturated/α-hetero) is 1. The minimum absolute atomic E-state index is 0.0957. The molecule has 0 aliphatic carbocycles. The van der Waals surface area contributed by atoms with Crippen LogP contribution in [0.15, 0.2) is 48.0 Å². The zero-order valence-electron chi connectivity index (χ0n) is 20.9. The summed E-state index contributed by atoms with van der Waals surface area (Å²) in [5.41, 5.74) is 4.53. The van der Waals surface area contributed by atoms with Crippen LogP contribution in [0.4, 0.5) is 0 Å². The van der Waals surface area contributed by atoms with E-state index in [1.807, 2.05) is 49.4 Å². The van der Waals surface area contributed by atoms with Crippen molar-refractivity contribution in [3.05, 3.63) is 75.9 Å². The van der Waals surface area contributed by atoms with Gasteiger partial charge in [0.1, 0.15) is 5.76 Å². The number of amides is 1. The number of aryl methyl sites for hydroxylation is 2. The zero-order chi connectivity index (χ0) is 24.6. The highest BCUT2D eigenvalue weighted by molar-refractivity contribution is 6.46. The fraction of sp³-hybridized carbons (Fsp3) is 0.448. The van der Waals surface area contributed by atoms with Crippen LogP contribution in [0.25, 0.3) is 5.76 Å². The van der Waals surface area contributed by atoms with Crippen LogP contribution in [-0.2, 0) is 26.2 Å². The van der Waals surface area contributed by atoms with Crippen LogP contribution in [0.3, 0.4) is 0 Å². The number of nitrogens with zero attached hydrogens (tertiary/aromatic N) is 1. The summed E-state index contributed by atoms with van der Waals surface area (Å²) >= 11 is 0. The van der Waals surface area contributed by atoms with E-state index < -0.39 is 17.7 Å². The highest BCUT2D eigenvalue weighted by Gasteiger charge is 2.47. The smallest absolute Gasteiger partial charge is 0.295 e. The Labute approximate surface area is 202 Å². The molecule has 0 saturated carbocycles. The molecule has 4 rings (SSSR count). The fourth-order valence-corrected chi connectivity index (χ4v) is 4.85. The molecule has 2 aliphatic rings. The van der Waals surface area contributed by atoms with E-state index in [1.54, 1.807) is 4.90 Å². The molecule has 5 nitrogen and oxygen atoms in total. The Morgan fingerprint density at radius 3 is 2.41 bits per heavy atom. The Hall–Kier alpha value is -2.92. The third kappa shape index (κ3) is 4.54. The van der Waals surface area contributed by atoms with Crippen molar-refractivity contribution in [2.24, 2.45) is 0 Å². The maximum atomic E-state index is 13.4. The van der Waals surface area contributed by atoms with Crippen LogP contribution >= 0.6 is 0 Å². The molecular formula is C29H35NO4. The number of hydrogen-bond donors (Lipinski definition) is 1. The lowest BCUT2D eigenvalue weighted by atomic mass is 9.84. The topological polar surface area (TPSA) is 66.8 Å². The summed E-state index contributed by atoms with van der Waals surface area (Å²) in [6.07, 6.45) is 2.61. The average molecular weight is 462 g/mol. The highest BCUT2D eigenvalue weighted by Crippen LogP contribution is 2.41. The molecule has 0 radical (unpaired) electrons. The van der Waals surface area contributed by atoms with Crippen molar-refractivity contribution in [2.75, 3.05) is 13.2 Å². The van der Waals surface area contributed by atoms with Gasteiger partial charge in [0.05, 0.1) is 17.7 Å². The highest BCUT2D eigenvalue weighted by atomic mass is 16.5. The molecule has 5 heteroatoms. The van der Waals surface area contributed by atoms with Crippen LogP contribution in [0, 0.1) is 6.92 Å². The molecule has 2 aromatic rings. The van der Waals surface area contributed by atoms with Crippen molar-refractivity contribution in [3.63, 3.8) is 0 Å². The summed E-state index contributed by atoms with van der Waals surface area (Å²) in [6.45, 7) is 11.3. The lowest BCUT2D eigenvalue weighted by Crippen LogP contribution is -2.36. The van der Waals surface area contributed by atoms with Gasteiger partial charge >= 0.3 is 0 Å². The molecule has 34 heavy (non-hydrogen) atoms. The van der Waals surface area contributed by atoms with Gasteiger partial charge in [-0.3, -0.25) is 9.59 Å². The number of carbonyl (C=O) groups excluding carboxylic acids is 2. The monoisotopic (exact) mass is 461 g/mol. The second-order valence-corrected chi connectivity index (χ2v) is 10.5. The van der Waals surface area contributed by atoms with Gasteiger partial charge in [0.25, 0.3) is 11.7 Å². The molecule has 1 N–H and O–H groups in total. The van der Waals surface area contributed by atoms with Crippen molar-refractivity contribution in [1.29, 1.82) is 0 Å². The Kier molecular flexibility index (Phi) is 6.68. The number of rotatable bonds is 5. The second kappa shape index (κ2) is 9.38. The van der Waals surface area contributed by atoms with Gasteiger partial charge in [0.15, 0.2) is 0 Å². The van der Waals surface area contributed by atoms with Gasteiger partial charge in [0, 0.05) is 18.7 Å². The predicted molar refractivity (Wildman–Crippen MR) is 134 cm³/mol. The van der Waals surface area contributed by atoms with Gasteiger partial charge in [-0.2, -0.15) is 0 Å². The molecule has 2 atom stereocenters. The summed E-state index contributed by atoms with van der Waals surface area (Å²) < 4.78 is 5.79. The largest absolute Gasteiger partial charge is 0.507 e. The van der Waals surface area contributed by atoms with Gasteiger partial charge in [-0.15, -0.1) is 0 Å². The number of benzene rings is 2. The molecule has 0 bridgehead atoms. The molecule has 2 saturated heterocycles. The molecule has 0 spiro atoms. The van der Waals surface area contributed by atoms with Crippen molar-refractivity contribution in [2.45, 2.75) is 71.4 Å². The quantitative estimate of drug-likeness (QED) is 0.365. The maximum absolute atomic E-state index is 13.4. The van der Waals surface area contributed by atoms with Crippen molar-refractivity contribution >= 4 is 17.4 Å². The Bertz CT molecular complexity index is 1120. The van der Waals surface area contributed by atoms with Crippen LogP contribution in [0.5, 0.6) is 0 Å². The fourth-order valence-electron chi connectivity index (χ4n) is 4.85. The van der Waals surface area contributed by atoms with Crippen molar-refractivity contribution in [3.8, 4) is 0 Å². The minimum atomic E-state index is -0.646. The molecule has 2 fully saturated rings. The third-order valence-electron chi connectivity index (χ3n) is 7.03. The van der Waals surface area contributed by atoms with Gasteiger partial charge in [0.2, 0.25) is 0 Å². The Balaban J connectivity index is 1.86. The molecule has 2 aliphatic heterocycles. The number of aliphatic hydroxyl groups excluding tert-OH is 1. The first-order valence-electron chi connectivity index (χ1n) is 12.2. The first-order chi connectivity index (χ1) is 16.1. The van der Waals surface area contributed by atoms with Gasteiger partial charge in [-0.05, 0) is 59.9 Å². The van der Waals surface area contributed by atoms with Crippen LogP contribution < -0.4 is 0 Å². The van der Waals surface area contributed by atoms with E-state index in [9.17, 15) is 14.7 Å². The number of likely N-dealkylation sites (tertiary alicyclic amines) is 1. The zero-order valence-corrected chi connectivity index (χ0v) is 20.9. The predicted octanol–water partition coefficient (Wildman–Crippen LogP) is 5.46. The standard InChI is InChI=1S/C29H35NO4/c1-6-19-10-12-20(13-11-19)25-24(27(32)28(33)30(25)17-22-8-7-15-34-22)26(31)23-16-21(29(3,4)5)14-9-18(23)2/h9-14,16,22,25,31H,6-8,15,17H2,1-5H3/b26-24+. The van der Waals surface area contributed by atoms with E-state index in [0.717, 1.165) is 36.0 Å². The SMILES string of the molecule is CCc1ccc(C2/C(=C(\O)c3cc(C(C)(C)C)ccc3C)C(=O)C(=O)N2CC2CCCO2)cc1. The number of ketones is 1. The van der Waals surface area contributed by atoms with Crippen molar-refractivity contribution in [1.82, 2.24) is 4.90 Å². The van der Waals surface area contributed by atoms with E-state index >= 15 is 0 Å². The number of hydrogen-bond acceptors (Lipinski definition) is 4. The second-order valence-electron chi connectivity index (χ2n) is 10.5. The van der Waals surface area contributed by atoms with E-state index in [0.29, 0.717) is 18.7 Å². The summed E-state index contributed by atoms with van der Waals surface area (Å²) in [5.74, 6) is -1.33. The normalized spacial score (nSPS) is 22.6. The first-order valence-corrected chi connectivity index (χ1v) is 12.2. The molecule has 0 aromatic heterocycles. The van der Waals surface area contributed by atoms with Crippen LogP contribution in [0.2, 0.25) is 0 Å². The first kappa shape index (κ1) is 24.2. The summed E-state index contributed by atoms with van der Waals surface area (Å²) in [7, 11) is 0. The van der Waals surface area contributed by atoms with Crippen LogP contribution in [0.1, 0.15) is 74.4 Å². The summed E-state index contributed by atoms with van der Waals surface area (Å²) in [5, 5.41) is 11.5. The van der Waals surface area contributed by atoms with E-state index in [-0.39, 0.29) is 22.9 Å². The number of ether oxygens (including phenoxy) is 1. The maximum Gasteiger partial charge on any atom is 0.295 e. The lowest BCUT2D eigenvalue weighted by molar-refractivity contribution is -0.140. The lowest BCUT2D eigenvalue weighted by Gasteiger charge is -2.28. The number of aliphatic hydroxyl groups is 1.